The van der Waals surface area contributed by atoms with Gasteiger partial charge in [0.15, 0.2) is 11.5 Å². The van der Waals surface area contributed by atoms with Crippen LogP contribution in [0.15, 0.2) is 60.7 Å². The number of para-hydroxylation sites is 1. The molecule has 0 bridgehead atoms. The van der Waals surface area contributed by atoms with Gasteiger partial charge in [-0.25, -0.2) is 0 Å². The first-order chi connectivity index (χ1) is 13.1. The third kappa shape index (κ3) is 4.38. The Morgan fingerprint density at radius 1 is 1.00 bits per heavy atom. The van der Waals surface area contributed by atoms with E-state index in [1.807, 2.05) is 49.3 Å². The number of hydrogen-bond donors (Lipinski definition) is 2. The highest BCUT2D eigenvalue weighted by Gasteiger charge is 2.10. The first-order valence-electron chi connectivity index (χ1n) is 8.25. The minimum atomic E-state index is -0.343. The van der Waals surface area contributed by atoms with E-state index in [0.29, 0.717) is 22.8 Å². The van der Waals surface area contributed by atoms with E-state index >= 15 is 0 Å². The van der Waals surface area contributed by atoms with Crippen molar-refractivity contribution in [2.75, 3.05) is 29.6 Å². The predicted molar refractivity (Wildman–Crippen MR) is 105 cm³/mol. The van der Waals surface area contributed by atoms with E-state index in [4.69, 9.17) is 5.26 Å². The van der Waals surface area contributed by atoms with Crippen LogP contribution in [0.1, 0.15) is 16.1 Å². The number of rotatable bonds is 5. The minimum absolute atomic E-state index is 0.200. The highest BCUT2D eigenvalue weighted by atomic mass is 16.1. The van der Waals surface area contributed by atoms with Crippen LogP contribution in [0.25, 0.3) is 0 Å². The number of amides is 1. The van der Waals surface area contributed by atoms with Gasteiger partial charge < -0.3 is 15.5 Å². The fraction of sp³-hybridized carbons (Fsp3) is 0.100. The molecule has 0 saturated carbocycles. The first kappa shape index (κ1) is 17.9. The normalized spacial score (nSPS) is 9.96. The van der Waals surface area contributed by atoms with Gasteiger partial charge in [-0.2, -0.15) is 5.26 Å². The number of carbonyl (C=O) groups excluding carboxylic acids is 1. The number of benzene rings is 2. The van der Waals surface area contributed by atoms with Gasteiger partial charge in [0, 0.05) is 25.5 Å². The lowest BCUT2D eigenvalue weighted by atomic mass is 10.2. The summed E-state index contributed by atoms with van der Waals surface area (Å²) in [5, 5.41) is 22.9. The van der Waals surface area contributed by atoms with Crippen LogP contribution < -0.4 is 15.5 Å². The maximum atomic E-state index is 12.3. The van der Waals surface area contributed by atoms with Crippen molar-refractivity contribution in [2.45, 2.75) is 0 Å². The Morgan fingerprint density at radius 3 is 2.37 bits per heavy atom. The Hall–Kier alpha value is -3.92. The maximum absolute atomic E-state index is 12.3. The second-order valence-corrected chi connectivity index (χ2v) is 5.98. The second kappa shape index (κ2) is 7.97. The molecule has 0 aliphatic heterocycles. The molecule has 0 fully saturated rings. The van der Waals surface area contributed by atoms with Gasteiger partial charge in [0.05, 0.1) is 11.3 Å². The van der Waals surface area contributed by atoms with Crippen molar-refractivity contribution < 1.29 is 4.79 Å². The smallest absolute Gasteiger partial charge is 0.276 e. The Kier molecular flexibility index (Phi) is 5.28. The summed E-state index contributed by atoms with van der Waals surface area (Å²) >= 11 is 0. The van der Waals surface area contributed by atoms with Crippen LogP contribution in [0.3, 0.4) is 0 Å². The summed E-state index contributed by atoms with van der Waals surface area (Å²) in [4.78, 5) is 14.3. The van der Waals surface area contributed by atoms with E-state index in [0.717, 1.165) is 5.69 Å². The summed E-state index contributed by atoms with van der Waals surface area (Å²) in [5.74, 6) is 0.105. The molecule has 134 valence electrons. The van der Waals surface area contributed by atoms with Crippen molar-refractivity contribution >= 4 is 28.8 Å². The van der Waals surface area contributed by atoms with Gasteiger partial charge in [0.2, 0.25) is 0 Å². The van der Waals surface area contributed by atoms with E-state index in [-0.39, 0.29) is 11.6 Å². The third-order valence-corrected chi connectivity index (χ3v) is 3.85. The molecule has 1 amide bonds. The van der Waals surface area contributed by atoms with Crippen LogP contribution in [0.2, 0.25) is 0 Å². The molecule has 3 aromatic rings. The number of hydrogen-bond acceptors (Lipinski definition) is 6. The summed E-state index contributed by atoms with van der Waals surface area (Å²) in [6.07, 6.45) is 0. The molecule has 1 heterocycles. The number of nitriles is 1. The third-order valence-electron chi connectivity index (χ3n) is 3.85. The predicted octanol–water partition coefficient (Wildman–Crippen LogP) is 3.41. The molecule has 27 heavy (non-hydrogen) atoms. The van der Waals surface area contributed by atoms with Gasteiger partial charge in [-0.3, -0.25) is 4.79 Å². The average Bonchev–Trinajstić information content (AvgIpc) is 2.69. The maximum Gasteiger partial charge on any atom is 0.276 e. The summed E-state index contributed by atoms with van der Waals surface area (Å²) in [5.41, 5.74) is 3.05. The highest BCUT2D eigenvalue weighted by molar-refractivity contribution is 6.02. The molecule has 2 aromatic carbocycles. The molecule has 7 nitrogen and oxygen atoms in total. The molecule has 7 heteroatoms. The zero-order valence-corrected chi connectivity index (χ0v) is 15.0. The first-order valence-corrected chi connectivity index (χ1v) is 8.25. The summed E-state index contributed by atoms with van der Waals surface area (Å²) < 4.78 is 0. The largest absolute Gasteiger partial charge is 0.378 e. The van der Waals surface area contributed by atoms with Crippen molar-refractivity contribution in [3.63, 3.8) is 0 Å². The molecule has 0 atom stereocenters. The number of nitrogens with one attached hydrogen (secondary N) is 2. The lowest BCUT2D eigenvalue weighted by Crippen LogP contribution is -2.15. The van der Waals surface area contributed by atoms with Crippen LogP contribution in [0.4, 0.5) is 22.9 Å². The quantitative estimate of drug-likeness (QED) is 0.726. The summed E-state index contributed by atoms with van der Waals surface area (Å²) in [7, 11) is 3.90. The van der Waals surface area contributed by atoms with Gasteiger partial charge in [0.25, 0.3) is 5.91 Å². The zero-order chi connectivity index (χ0) is 19.2. The van der Waals surface area contributed by atoms with E-state index in [1.165, 1.54) is 0 Å². The Bertz CT molecular complexity index is 975. The highest BCUT2D eigenvalue weighted by Crippen LogP contribution is 2.19. The summed E-state index contributed by atoms with van der Waals surface area (Å²) in [6.45, 7) is 0. The standard InChI is InChI=1S/C20H18N6O/c1-26(2)16-9-7-15(8-10-16)22-20(27)18-11-12-19(25-24-18)23-17-6-4-3-5-14(17)13-21/h3-12H,1-2H3,(H,22,27)(H,23,25). The van der Waals surface area contributed by atoms with Crippen molar-refractivity contribution in [3.05, 3.63) is 71.9 Å². The molecule has 3 rings (SSSR count). The van der Waals surface area contributed by atoms with Crippen molar-refractivity contribution in [1.82, 2.24) is 10.2 Å². The zero-order valence-electron chi connectivity index (χ0n) is 15.0. The van der Waals surface area contributed by atoms with E-state index < -0.39 is 0 Å². The van der Waals surface area contributed by atoms with E-state index in [9.17, 15) is 4.79 Å². The molecule has 0 spiro atoms. The monoisotopic (exact) mass is 358 g/mol. The van der Waals surface area contributed by atoms with Gasteiger partial charge >= 0.3 is 0 Å². The fourth-order valence-corrected chi connectivity index (χ4v) is 2.39. The molecule has 2 N–H and O–H groups in total. The van der Waals surface area contributed by atoms with Crippen molar-refractivity contribution in [1.29, 1.82) is 5.26 Å². The molecule has 1 aromatic heterocycles. The Labute approximate surface area is 157 Å². The van der Waals surface area contributed by atoms with Crippen LogP contribution in [-0.2, 0) is 0 Å². The van der Waals surface area contributed by atoms with Gasteiger partial charge in [-0.05, 0) is 48.5 Å². The molecule has 0 saturated heterocycles. The van der Waals surface area contributed by atoms with Gasteiger partial charge in [0.1, 0.15) is 6.07 Å². The topological polar surface area (TPSA) is 93.9 Å². The second-order valence-electron chi connectivity index (χ2n) is 5.98. The van der Waals surface area contributed by atoms with Crippen LogP contribution >= 0.6 is 0 Å². The van der Waals surface area contributed by atoms with Crippen molar-refractivity contribution in [3.8, 4) is 6.07 Å². The molecule has 0 radical (unpaired) electrons. The lowest BCUT2D eigenvalue weighted by molar-refractivity contribution is 0.102. The van der Waals surface area contributed by atoms with Gasteiger partial charge in [-0.15, -0.1) is 10.2 Å². The number of nitrogens with zero attached hydrogens (tertiary/aromatic N) is 4. The van der Waals surface area contributed by atoms with E-state index in [2.05, 4.69) is 26.9 Å². The number of anilines is 4. The fourth-order valence-electron chi connectivity index (χ4n) is 2.39. The van der Waals surface area contributed by atoms with Crippen molar-refractivity contribution in [2.24, 2.45) is 0 Å². The molecular weight excluding hydrogens is 340 g/mol. The van der Waals surface area contributed by atoms with Crippen LogP contribution in [0, 0.1) is 11.3 Å². The van der Waals surface area contributed by atoms with Crippen LogP contribution in [-0.4, -0.2) is 30.2 Å². The lowest BCUT2D eigenvalue weighted by Gasteiger charge is -2.13. The molecule has 0 unspecified atom stereocenters. The van der Waals surface area contributed by atoms with E-state index in [1.54, 1.807) is 30.3 Å². The Balaban J connectivity index is 1.67. The van der Waals surface area contributed by atoms with Gasteiger partial charge in [-0.1, -0.05) is 12.1 Å². The number of carbonyl (C=O) groups is 1. The SMILES string of the molecule is CN(C)c1ccc(NC(=O)c2ccc(Nc3ccccc3C#N)nn2)cc1. The molecule has 0 aliphatic carbocycles. The Morgan fingerprint density at radius 2 is 1.74 bits per heavy atom. The molecule has 0 aliphatic rings. The summed E-state index contributed by atoms with van der Waals surface area (Å²) in [6, 6.07) is 19.9. The average molecular weight is 358 g/mol. The molecular formula is C20H18N6O. The number of aromatic nitrogens is 2. The minimum Gasteiger partial charge on any atom is -0.378 e. The van der Waals surface area contributed by atoms with Crippen LogP contribution in [0.5, 0.6) is 0 Å².